The van der Waals surface area contributed by atoms with E-state index in [-0.39, 0.29) is 5.91 Å². The second-order valence-corrected chi connectivity index (χ2v) is 5.43. The van der Waals surface area contributed by atoms with Crippen molar-refractivity contribution in [3.05, 3.63) is 18.3 Å². The Kier molecular flexibility index (Phi) is 4.27. The molecule has 0 fully saturated rings. The van der Waals surface area contributed by atoms with Gasteiger partial charge in [0.1, 0.15) is 0 Å². The van der Waals surface area contributed by atoms with Crippen molar-refractivity contribution in [2.24, 2.45) is 5.92 Å². The van der Waals surface area contributed by atoms with Crippen molar-refractivity contribution in [1.82, 2.24) is 15.5 Å². The molecule has 0 bridgehead atoms. The third kappa shape index (κ3) is 3.68. The van der Waals surface area contributed by atoms with Crippen LogP contribution in [0, 0.1) is 5.92 Å². The first-order valence-electron chi connectivity index (χ1n) is 6.03. The van der Waals surface area contributed by atoms with Gasteiger partial charge in [-0.1, -0.05) is 25.6 Å². The summed E-state index contributed by atoms with van der Waals surface area (Å²) in [5.74, 6) is 1.25. The number of hydrogen-bond donors (Lipinski definition) is 1. The molecule has 0 saturated carbocycles. The molecular formula is C13H21N3O2. The Morgan fingerprint density at radius 3 is 2.61 bits per heavy atom. The number of amides is 1. The molecule has 0 unspecified atom stereocenters. The molecule has 0 radical (unpaired) electrons. The van der Waals surface area contributed by atoms with E-state index >= 15 is 0 Å². The summed E-state index contributed by atoms with van der Waals surface area (Å²) in [5, 5.41) is 6.68. The Morgan fingerprint density at radius 2 is 2.11 bits per heavy atom. The zero-order chi connectivity index (χ0) is 13.9. The van der Waals surface area contributed by atoms with Gasteiger partial charge < -0.3 is 9.84 Å². The topological polar surface area (TPSA) is 68.0 Å². The maximum Gasteiger partial charge on any atom is 0.253 e. The zero-order valence-electron chi connectivity index (χ0n) is 11.7. The summed E-state index contributed by atoms with van der Waals surface area (Å²) in [7, 11) is 0. The number of aromatic nitrogens is 2. The molecule has 5 nitrogen and oxygen atoms in total. The molecule has 0 aliphatic rings. The monoisotopic (exact) mass is 251 g/mol. The third-order valence-corrected chi connectivity index (χ3v) is 2.43. The van der Waals surface area contributed by atoms with Crippen LogP contribution < -0.4 is 5.32 Å². The highest BCUT2D eigenvalue weighted by atomic mass is 16.5. The quantitative estimate of drug-likeness (QED) is 0.873. The Balaban J connectivity index is 2.86. The molecule has 0 aromatic carbocycles. The molecule has 1 heterocycles. The van der Waals surface area contributed by atoms with Crippen LogP contribution in [0.2, 0.25) is 0 Å². The van der Waals surface area contributed by atoms with Crippen LogP contribution in [0.3, 0.4) is 0 Å². The van der Waals surface area contributed by atoms with Gasteiger partial charge in [-0.3, -0.25) is 4.79 Å². The van der Waals surface area contributed by atoms with Gasteiger partial charge in [-0.15, -0.1) is 0 Å². The minimum atomic E-state index is -0.647. The normalized spacial score (nSPS) is 11.7. The van der Waals surface area contributed by atoms with Crippen molar-refractivity contribution in [3.63, 3.8) is 0 Å². The minimum absolute atomic E-state index is 0.132. The molecule has 0 saturated heterocycles. The van der Waals surface area contributed by atoms with E-state index in [2.05, 4.69) is 35.9 Å². The standard InChI is InChI=1S/C13H21N3O2/c1-8(2)7-9(3)11-14-12(16-18-11)13(5,6)15-10(4)17/h8H,3,7H2,1-2,4-6H3,(H,15,17). The van der Waals surface area contributed by atoms with E-state index in [0.717, 1.165) is 12.0 Å². The van der Waals surface area contributed by atoms with Crippen LogP contribution in [0.25, 0.3) is 5.57 Å². The predicted octanol–water partition coefficient (Wildman–Crippen LogP) is 2.50. The first-order chi connectivity index (χ1) is 8.22. The van der Waals surface area contributed by atoms with Crippen molar-refractivity contribution in [3.8, 4) is 0 Å². The van der Waals surface area contributed by atoms with Gasteiger partial charge in [-0.2, -0.15) is 4.98 Å². The van der Waals surface area contributed by atoms with E-state index in [1.807, 2.05) is 13.8 Å². The van der Waals surface area contributed by atoms with Crippen molar-refractivity contribution < 1.29 is 9.32 Å². The number of carbonyl (C=O) groups excluding carboxylic acids is 1. The number of allylic oxidation sites excluding steroid dienone is 1. The molecule has 1 N–H and O–H groups in total. The first kappa shape index (κ1) is 14.4. The van der Waals surface area contributed by atoms with Gasteiger partial charge in [0.05, 0.1) is 5.54 Å². The fraction of sp³-hybridized carbons (Fsp3) is 0.615. The highest BCUT2D eigenvalue weighted by molar-refractivity contribution is 5.73. The lowest BCUT2D eigenvalue weighted by molar-refractivity contribution is -0.120. The Hall–Kier alpha value is -1.65. The van der Waals surface area contributed by atoms with Crippen LogP contribution >= 0.6 is 0 Å². The molecule has 5 heteroatoms. The van der Waals surface area contributed by atoms with E-state index < -0.39 is 5.54 Å². The van der Waals surface area contributed by atoms with Gasteiger partial charge in [-0.25, -0.2) is 0 Å². The van der Waals surface area contributed by atoms with E-state index in [4.69, 9.17) is 4.52 Å². The van der Waals surface area contributed by atoms with Gasteiger partial charge in [-0.05, 0) is 26.2 Å². The Bertz CT molecular complexity index is 447. The molecule has 100 valence electrons. The largest absolute Gasteiger partial charge is 0.344 e. The summed E-state index contributed by atoms with van der Waals surface area (Å²) in [6.07, 6.45) is 0.808. The molecule has 1 aromatic heterocycles. The molecule has 1 aromatic rings. The van der Waals surface area contributed by atoms with Crippen LogP contribution in [0.1, 0.15) is 52.8 Å². The van der Waals surface area contributed by atoms with Crippen LogP contribution in [-0.2, 0) is 10.3 Å². The van der Waals surface area contributed by atoms with E-state index in [1.165, 1.54) is 6.92 Å². The lowest BCUT2D eigenvalue weighted by atomic mass is 10.0. The van der Waals surface area contributed by atoms with Gasteiger partial charge in [0.15, 0.2) is 5.82 Å². The maximum atomic E-state index is 11.1. The molecule has 0 aliphatic carbocycles. The molecular weight excluding hydrogens is 230 g/mol. The lowest BCUT2D eigenvalue weighted by Gasteiger charge is -2.20. The van der Waals surface area contributed by atoms with Crippen molar-refractivity contribution >= 4 is 11.5 Å². The number of rotatable bonds is 5. The highest BCUT2D eigenvalue weighted by Crippen LogP contribution is 2.22. The lowest BCUT2D eigenvalue weighted by Crippen LogP contribution is -2.40. The zero-order valence-corrected chi connectivity index (χ0v) is 11.7. The second kappa shape index (κ2) is 5.33. The predicted molar refractivity (Wildman–Crippen MR) is 69.6 cm³/mol. The van der Waals surface area contributed by atoms with Crippen LogP contribution in [0.5, 0.6) is 0 Å². The summed E-state index contributed by atoms with van der Waals surface area (Å²) in [6, 6.07) is 0. The summed E-state index contributed by atoms with van der Waals surface area (Å²) in [5.41, 5.74) is 0.175. The van der Waals surface area contributed by atoms with Crippen molar-refractivity contribution in [2.45, 2.75) is 46.6 Å². The van der Waals surface area contributed by atoms with Gasteiger partial charge in [0.25, 0.3) is 5.89 Å². The smallest absolute Gasteiger partial charge is 0.253 e. The molecule has 0 atom stereocenters. The van der Waals surface area contributed by atoms with E-state index in [9.17, 15) is 4.79 Å². The summed E-state index contributed by atoms with van der Waals surface area (Å²) >= 11 is 0. The fourth-order valence-electron chi connectivity index (χ4n) is 1.70. The van der Waals surface area contributed by atoms with Gasteiger partial charge in [0, 0.05) is 12.5 Å². The Labute approximate surface area is 108 Å². The van der Waals surface area contributed by atoms with Crippen LogP contribution in [-0.4, -0.2) is 16.0 Å². The average molecular weight is 251 g/mol. The first-order valence-corrected chi connectivity index (χ1v) is 6.03. The summed E-state index contributed by atoms with van der Waals surface area (Å²) in [4.78, 5) is 15.4. The molecule has 18 heavy (non-hydrogen) atoms. The molecule has 0 spiro atoms. The third-order valence-electron chi connectivity index (χ3n) is 2.43. The SMILES string of the molecule is C=C(CC(C)C)c1nc(C(C)(C)NC(C)=O)no1. The average Bonchev–Trinajstić information content (AvgIpc) is 2.62. The molecule has 0 aliphatic heterocycles. The molecule has 1 rings (SSSR count). The van der Waals surface area contributed by atoms with Crippen LogP contribution in [0.15, 0.2) is 11.1 Å². The summed E-state index contributed by atoms with van der Waals surface area (Å²) < 4.78 is 5.18. The van der Waals surface area contributed by atoms with Crippen LogP contribution in [0.4, 0.5) is 0 Å². The van der Waals surface area contributed by atoms with E-state index in [1.54, 1.807) is 0 Å². The van der Waals surface area contributed by atoms with Gasteiger partial charge >= 0.3 is 0 Å². The summed E-state index contributed by atoms with van der Waals surface area (Å²) in [6.45, 7) is 13.3. The fourth-order valence-corrected chi connectivity index (χ4v) is 1.70. The highest BCUT2D eigenvalue weighted by Gasteiger charge is 2.28. The number of nitrogens with one attached hydrogen (secondary N) is 1. The Morgan fingerprint density at radius 1 is 1.50 bits per heavy atom. The van der Waals surface area contributed by atoms with E-state index in [0.29, 0.717) is 17.6 Å². The molecule has 1 amide bonds. The number of hydrogen-bond acceptors (Lipinski definition) is 4. The van der Waals surface area contributed by atoms with Gasteiger partial charge in [0.2, 0.25) is 5.91 Å². The number of nitrogens with zero attached hydrogens (tertiary/aromatic N) is 2. The van der Waals surface area contributed by atoms with Crippen molar-refractivity contribution in [1.29, 1.82) is 0 Å². The minimum Gasteiger partial charge on any atom is -0.344 e. The van der Waals surface area contributed by atoms with Crippen molar-refractivity contribution in [2.75, 3.05) is 0 Å². The number of carbonyl (C=O) groups is 1. The maximum absolute atomic E-state index is 11.1. The second-order valence-electron chi connectivity index (χ2n) is 5.43.